The standard InChI is InChI=1S/C32H64N2O3/c1-2-3-4-5-6-7-8-9-10-11-12-13-14-15-16-17-18-19-20-21-22-23-24-25-26-27-28-34-32(36)30-37-29-31(33)35/h2-30H2,1H3,(H2,33,35)(H,34,36). The fourth-order valence-electron chi connectivity index (χ4n) is 4.96. The summed E-state index contributed by atoms with van der Waals surface area (Å²) in [5.41, 5.74) is 4.96. The van der Waals surface area contributed by atoms with Crippen molar-refractivity contribution in [2.45, 2.75) is 174 Å². The molecule has 0 aromatic heterocycles. The summed E-state index contributed by atoms with van der Waals surface area (Å²) in [6.07, 6.45) is 36.2. The van der Waals surface area contributed by atoms with Crippen LogP contribution in [-0.2, 0) is 14.3 Å². The minimum Gasteiger partial charge on any atom is -0.368 e. The van der Waals surface area contributed by atoms with Crippen LogP contribution < -0.4 is 11.1 Å². The van der Waals surface area contributed by atoms with Crippen LogP contribution in [0.1, 0.15) is 174 Å². The number of hydrogen-bond donors (Lipinski definition) is 2. The number of carbonyl (C=O) groups is 2. The predicted molar refractivity (Wildman–Crippen MR) is 159 cm³/mol. The van der Waals surface area contributed by atoms with Gasteiger partial charge in [0.25, 0.3) is 0 Å². The first-order valence-corrected chi connectivity index (χ1v) is 16.3. The molecule has 0 fully saturated rings. The Morgan fingerprint density at radius 3 is 1.08 bits per heavy atom. The van der Waals surface area contributed by atoms with Crippen molar-refractivity contribution in [3.05, 3.63) is 0 Å². The molecule has 0 aliphatic carbocycles. The molecule has 0 aliphatic heterocycles. The van der Waals surface area contributed by atoms with Crippen molar-refractivity contribution >= 4 is 11.8 Å². The highest BCUT2D eigenvalue weighted by molar-refractivity contribution is 5.78. The molecule has 0 saturated carbocycles. The van der Waals surface area contributed by atoms with E-state index in [9.17, 15) is 9.59 Å². The fourth-order valence-corrected chi connectivity index (χ4v) is 4.96. The smallest absolute Gasteiger partial charge is 0.246 e. The van der Waals surface area contributed by atoms with E-state index in [1.165, 1.54) is 154 Å². The van der Waals surface area contributed by atoms with Crippen LogP contribution in [0.25, 0.3) is 0 Å². The molecule has 0 radical (unpaired) electrons. The van der Waals surface area contributed by atoms with Gasteiger partial charge in [0.1, 0.15) is 13.2 Å². The van der Waals surface area contributed by atoms with E-state index in [-0.39, 0.29) is 19.1 Å². The van der Waals surface area contributed by atoms with Crippen molar-refractivity contribution in [1.29, 1.82) is 0 Å². The zero-order valence-electron chi connectivity index (χ0n) is 24.8. The molecular weight excluding hydrogens is 460 g/mol. The molecule has 37 heavy (non-hydrogen) atoms. The number of ether oxygens (including phenoxy) is 1. The molecule has 0 aromatic rings. The Balaban J connectivity index is 3.08. The van der Waals surface area contributed by atoms with E-state index in [1.807, 2.05) is 0 Å². The molecule has 0 rings (SSSR count). The quantitative estimate of drug-likeness (QED) is 0.0889. The summed E-state index contributed by atoms with van der Waals surface area (Å²) >= 11 is 0. The van der Waals surface area contributed by atoms with E-state index in [0.29, 0.717) is 6.54 Å². The molecule has 0 bridgehead atoms. The molecule has 0 saturated heterocycles. The second-order valence-corrected chi connectivity index (χ2v) is 11.1. The Bertz CT molecular complexity index is 485. The van der Waals surface area contributed by atoms with E-state index in [2.05, 4.69) is 12.2 Å². The molecule has 220 valence electrons. The number of carbonyl (C=O) groups excluding carboxylic acids is 2. The molecule has 0 atom stereocenters. The number of amides is 2. The first-order chi connectivity index (χ1) is 18.2. The second-order valence-electron chi connectivity index (χ2n) is 11.1. The number of hydrogen-bond acceptors (Lipinski definition) is 3. The van der Waals surface area contributed by atoms with Crippen LogP contribution in [0.2, 0.25) is 0 Å². The van der Waals surface area contributed by atoms with Gasteiger partial charge < -0.3 is 15.8 Å². The number of unbranched alkanes of at least 4 members (excludes halogenated alkanes) is 25. The third-order valence-electron chi connectivity index (χ3n) is 7.33. The first-order valence-electron chi connectivity index (χ1n) is 16.3. The van der Waals surface area contributed by atoms with Gasteiger partial charge in [-0.05, 0) is 6.42 Å². The lowest BCUT2D eigenvalue weighted by Crippen LogP contribution is -2.30. The summed E-state index contributed by atoms with van der Waals surface area (Å²) in [6, 6.07) is 0. The van der Waals surface area contributed by atoms with Crippen LogP contribution in [-0.4, -0.2) is 31.6 Å². The summed E-state index contributed by atoms with van der Waals surface area (Å²) in [4.78, 5) is 22.0. The normalized spacial score (nSPS) is 11.2. The van der Waals surface area contributed by atoms with Crippen LogP contribution in [0, 0.1) is 0 Å². The van der Waals surface area contributed by atoms with E-state index in [4.69, 9.17) is 10.5 Å². The highest BCUT2D eigenvalue weighted by atomic mass is 16.5. The van der Waals surface area contributed by atoms with E-state index in [1.54, 1.807) is 0 Å². The van der Waals surface area contributed by atoms with Crippen molar-refractivity contribution in [2.24, 2.45) is 5.73 Å². The maximum Gasteiger partial charge on any atom is 0.246 e. The highest BCUT2D eigenvalue weighted by Crippen LogP contribution is 2.15. The Labute approximate surface area is 230 Å². The number of nitrogens with one attached hydrogen (secondary N) is 1. The van der Waals surface area contributed by atoms with Crippen molar-refractivity contribution in [2.75, 3.05) is 19.8 Å². The minimum absolute atomic E-state index is 0.0948. The maximum absolute atomic E-state index is 11.5. The van der Waals surface area contributed by atoms with Crippen molar-refractivity contribution in [3.63, 3.8) is 0 Å². The number of rotatable bonds is 31. The molecule has 0 unspecified atom stereocenters. The van der Waals surface area contributed by atoms with Crippen LogP contribution in [0.3, 0.4) is 0 Å². The lowest BCUT2D eigenvalue weighted by molar-refractivity contribution is -0.129. The third kappa shape index (κ3) is 32.9. The second kappa shape index (κ2) is 31.1. The molecule has 5 nitrogen and oxygen atoms in total. The maximum atomic E-state index is 11.5. The van der Waals surface area contributed by atoms with Crippen LogP contribution >= 0.6 is 0 Å². The summed E-state index contributed by atoms with van der Waals surface area (Å²) in [5, 5.41) is 2.81. The van der Waals surface area contributed by atoms with E-state index in [0.717, 1.165) is 12.8 Å². The Morgan fingerprint density at radius 1 is 0.486 bits per heavy atom. The van der Waals surface area contributed by atoms with Crippen molar-refractivity contribution < 1.29 is 14.3 Å². The highest BCUT2D eigenvalue weighted by Gasteiger charge is 2.02. The molecule has 2 amide bonds. The SMILES string of the molecule is CCCCCCCCCCCCCCCCCCCCCCCCCCCCNC(=O)COCC(N)=O. The predicted octanol–water partition coefficient (Wildman–Crippen LogP) is 8.77. The summed E-state index contributed by atoms with van der Waals surface area (Å²) in [6.45, 7) is 2.68. The van der Waals surface area contributed by atoms with Gasteiger partial charge in [-0.15, -0.1) is 0 Å². The fraction of sp³-hybridized carbons (Fsp3) is 0.938. The Kier molecular flexibility index (Phi) is 30.2. The van der Waals surface area contributed by atoms with Crippen LogP contribution in [0.5, 0.6) is 0 Å². The lowest BCUT2D eigenvalue weighted by Gasteiger charge is -2.06. The van der Waals surface area contributed by atoms with Crippen molar-refractivity contribution in [3.8, 4) is 0 Å². The molecule has 3 N–H and O–H groups in total. The lowest BCUT2D eigenvalue weighted by atomic mass is 10.0. The molecule has 0 spiro atoms. The van der Waals surface area contributed by atoms with E-state index >= 15 is 0 Å². The molecule has 5 heteroatoms. The van der Waals surface area contributed by atoms with Gasteiger partial charge in [0, 0.05) is 6.54 Å². The molecular formula is C32H64N2O3. The monoisotopic (exact) mass is 524 g/mol. The molecule has 0 aromatic carbocycles. The van der Waals surface area contributed by atoms with Gasteiger partial charge in [-0.25, -0.2) is 0 Å². The number of primary amides is 1. The van der Waals surface area contributed by atoms with Gasteiger partial charge in [0.2, 0.25) is 11.8 Å². The van der Waals surface area contributed by atoms with Gasteiger partial charge in [-0.3, -0.25) is 9.59 Å². The van der Waals surface area contributed by atoms with Crippen LogP contribution in [0.15, 0.2) is 0 Å². The topological polar surface area (TPSA) is 81.4 Å². The van der Waals surface area contributed by atoms with E-state index < -0.39 is 5.91 Å². The summed E-state index contributed by atoms with van der Waals surface area (Å²) < 4.78 is 4.88. The van der Waals surface area contributed by atoms with Gasteiger partial charge in [0.15, 0.2) is 0 Å². The average molecular weight is 525 g/mol. The van der Waals surface area contributed by atoms with Gasteiger partial charge in [-0.1, -0.05) is 167 Å². The largest absolute Gasteiger partial charge is 0.368 e. The number of nitrogens with two attached hydrogens (primary N) is 1. The molecule has 0 heterocycles. The molecule has 0 aliphatic rings. The third-order valence-corrected chi connectivity index (χ3v) is 7.33. The Morgan fingerprint density at radius 2 is 0.784 bits per heavy atom. The summed E-state index contributed by atoms with van der Waals surface area (Å²) in [7, 11) is 0. The zero-order chi connectivity index (χ0) is 27.1. The summed E-state index contributed by atoms with van der Waals surface area (Å²) in [5.74, 6) is -0.732. The minimum atomic E-state index is -0.553. The van der Waals surface area contributed by atoms with Crippen molar-refractivity contribution in [1.82, 2.24) is 5.32 Å². The van der Waals surface area contributed by atoms with Gasteiger partial charge >= 0.3 is 0 Å². The first kappa shape index (κ1) is 35.9. The Hall–Kier alpha value is -1.10. The van der Waals surface area contributed by atoms with Gasteiger partial charge in [0.05, 0.1) is 0 Å². The van der Waals surface area contributed by atoms with Gasteiger partial charge in [-0.2, -0.15) is 0 Å². The van der Waals surface area contributed by atoms with Crippen LogP contribution in [0.4, 0.5) is 0 Å². The average Bonchev–Trinajstić information content (AvgIpc) is 2.88. The zero-order valence-corrected chi connectivity index (χ0v) is 24.8.